The van der Waals surface area contributed by atoms with Crippen molar-refractivity contribution in [2.24, 2.45) is 0 Å². The molecule has 0 aliphatic rings. The van der Waals surface area contributed by atoms with Crippen LogP contribution in [0.5, 0.6) is 0 Å². The molecule has 0 spiro atoms. The molecule has 3 aromatic rings. The van der Waals surface area contributed by atoms with E-state index >= 15 is 0 Å². The molecule has 1 aromatic carbocycles. The van der Waals surface area contributed by atoms with E-state index in [0.29, 0.717) is 17.2 Å². The second-order valence-electron chi connectivity index (χ2n) is 5.05. The molecular weight excluding hydrogens is 324 g/mol. The molecule has 0 aliphatic heterocycles. The summed E-state index contributed by atoms with van der Waals surface area (Å²) in [7, 11) is 2.83. The van der Waals surface area contributed by atoms with Gasteiger partial charge in [-0.2, -0.15) is 5.10 Å². The topological polar surface area (TPSA) is 110 Å². The number of imidazole rings is 1. The molecule has 3 rings (SSSR count). The molecule has 0 bridgehead atoms. The Labute approximate surface area is 143 Å². The van der Waals surface area contributed by atoms with Crippen LogP contribution in [0.3, 0.4) is 0 Å². The minimum Gasteiger partial charge on any atom is -0.453 e. The standard InChI is InChI=1S/C16H16N6O3/c1-17-15(23)20-13-9-22-14(19-13)8-7-12(21-22)10-3-5-11(6-4-10)18-16(24)25-2/h3-9H,1-2H3,(H,18,24)(H2,17,20,23). The Hall–Kier alpha value is -3.62. The molecule has 0 saturated carbocycles. The first kappa shape index (κ1) is 16.2. The van der Waals surface area contributed by atoms with Crippen molar-refractivity contribution in [1.29, 1.82) is 0 Å². The van der Waals surface area contributed by atoms with E-state index in [2.05, 4.69) is 30.8 Å². The highest BCUT2D eigenvalue weighted by Crippen LogP contribution is 2.20. The number of hydrogen-bond donors (Lipinski definition) is 3. The number of hydrogen-bond acceptors (Lipinski definition) is 5. The number of aromatic nitrogens is 3. The fraction of sp³-hybridized carbons (Fsp3) is 0.125. The Morgan fingerprint density at radius 3 is 2.52 bits per heavy atom. The van der Waals surface area contributed by atoms with Crippen LogP contribution in [0.4, 0.5) is 21.1 Å². The van der Waals surface area contributed by atoms with Crippen molar-refractivity contribution >= 4 is 29.3 Å². The van der Waals surface area contributed by atoms with Crippen LogP contribution in [0.25, 0.3) is 16.9 Å². The zero-order valence-corrected chi connectivity index (χ0v) is 13.6. The fourth-order valence-corrected chi connectivity index (χ4v) is 2.17. The molecule has 0 saturated heterocycles. The average Bonchev–Trinajstić information content (AvgIpc) is 3.03. The molecule has 0 radical (unpaired) electrons. The molecule has 0 unspecified atom stereocenters. The summed E-state index contributed by atoms with van der Waals surface area (Å²) in [6.07, 6.45) is 1.10. The van der Waals surface area contributed by atoms with Crippen molar-refractivity contribution in [2.75, 3.05) is 24.8 Å². The van der Waals surface area contributed by atoms with Crippen LogP contribution in [0.1, 0.15) is 0 Å². The summed E-state index contributed by atoms with van der Waals surface area (Å²) in [6.45, 7) is 0. The molecule has 0 fully saturated rings. The normalized spacial score (nSPS) is 10.3. The summed E-state index contributed by atoms with van der Waals surface area (Å²) in [6, 6.07) is 10.5. The number of nitrogens with zero attached hydrogens (tertiary/aromatic N) is 3. The van der Waals surface area contributed by atoms with Gasteiger partial charge < -0.3 is 10.1 Å². The van der Waals surface area contributed by atoms with Crippen molar-refractivity contribution in [3.05, 3.63) is 42.6 Å². The smallest absolute Gasteiger partial charge is 0.411 e. The molecule has 9 nitrogen and oxygen atoms in total. The number of carbonyl (C=O) groups excluding carboxylic acids is 2. The third-order valence-corrected chi connectivity index (χ3v) is 3.40. The van der Waals surface area contributed by atoms with Crippen molar-refractivity contribution in [1.82, 2.24) is 19.9 Å². The first-order valence-electron chi connectivity index (χ1n) is 7.39. The van der Waals surface area contributed by atoms with E-state index in [4.69, 9.17) is 0 Å². The van der Waals surface area contributed by atoms with Gasteiger partial charge in [-0.3, -0.25) is 10.6 Å². The molecule has 0 atom stereocenters. The second kappa shape index (κ2) is 6.87. The Kier molecular flexibility index (Phi) is 4.46. The monoisotopic (exact) mass is 340 g/mol. The Morgan fingerprint density at radius 2 is 1.84 bits per heavy atom. The Balaban J connectivity index is 1.83. The van der Waals surface area contributed by atoms with E-state index in [-0.39, 0.29) is 6.03 Å². The van der Waals surface area contributed by atoms with Crippen LogP contribution < -0.4 is 16.0 Å². The molecule has 9 heteroatoms. The van der Waals surface area contributed by atoms with Crippen LogP contribution in [-0.4, -0.2) is 40.9 Å². The van der Waals surface area contributed by atoms with Gasteiger partial charge in [0.2, 0.25) is 0 Å². The largest absolute Gasteiger partial charge is 0.453 e. The third-order valence-electron chi connectivity index (χ3n) is 3.40. The highest BCUT2D eigenvalue weighted by Gasteiger charge is 2.08. The lowest BCUT2D eigenvalue weighted by atomic mass is 10.1. The number of benzene rings is 1. The summed E-state index contributed by atoms with van der Waals surface area (Å²) >= 11 is 0. The van der Waals surface area contributed by atoms with Crippen LogP contribution in [0.15, 0.2) is 42.6 Å². The van der Waals surface area contributed by atoms with Crippen LogP contribution >= 0.6 is 0 Å². The first-order chi connectivity index (χ1) is 12.1. The van der Waals surface area contributed by atoms with E-state index in [0.717, 1.165) is 11.3 Å². The van der Waals surface area contributed by atoms with E-state index in [9.17, 15) is 9.59 Å². The number of carbonyl (C=O) groups is 2. The van der Waals surface area contributed by atoms with Crippen LogP contribution in [-0.2, 0) is 4.74 Å². The molecular formula is C16H16N6O3. The molecule has 3 N–H and O–H groups in total. The number of urea groups is 1. The number of rotatable bonds is 3. The lowest BCUT2D eigenvalue weighted by molar-refractivity contribution is 0.187. The fourth-order valence-electron chi connectivity index (χ4n) is 2.17. The maximum absolute atomic E-state index is 11.3. The first-order valence-corrected chi connectivity index (χ1v) is 7.39. The van der Waals surface area contributed by atoms with Crippen LogP contribution in [0.2, 0.25) is 0 Å². The number of fused-ring (bicyclic) bond motifs is 1. The molecule has 128 valence electrons. The van der Waals surface area contributed by atoms with Gasteiger partial charge in [0.1, 0.15) is 0 Å². The second-order valence-corrected chi connectivity index (χ2v) is 5.05. The maximum atomic E-state index is 11.3. The number of ether oxygens (including phenoxy) is 1. The SMILES string of the molecule is CNC(=O)Nc1cn2nc(-c3ccc(NC(=O)OC)cc3)ccc2n1. The summed E-state index contributed by atoms with van der Waals surface area (Å²) in [4.78, 5) is 26.8. The summed E-state index contributed by atoms with van der Waals surface area (Å²) in [5, 5.41) is 12.1. The third kappa shape index (κ3) is 3.66. The maximum Gasteiger partial charge on any atom is 0.411 e. The van der Waals surface area contributed by atoms with Gasteiger partial charge >= 0.3 is 12.1 Å². The highest BCUT2D eigenvalue weighted by molar-refractivity contribution is 5.88. The average molecular weight is 340 g/mol. The van der Waals surface area contributed by atoms with Gasteiger partial charge in [-0.15, -0.1) is 0 Å². The zero-order chi connectivity index (χ0) is 17.8. The number of amides is 3. The summed E-state index contributed by atoms with van der Waals surface area (Å²) in [5.41, 5.74) is 2.82. The number of anilines is 2. The highest BCUT2D eigenvalue weighted by atomic mass is 16.5. The molecule has 2 aromatic heterocycles. The summed E-state index contributed by atoms with van der Waals surface area (Å²) in [5.74, 6) is 0.404. The predicted molar refractivity (Wildman–Crippen MR) is 92.5 cm³/mol. The lowest BCUT2D eigenvalue weighted by Gasteiger charge is -2.05. The summed E-state index contributed by atoms with van der Waals surface area (Å²) < 4.78 is 6.13. The quantitative estimate of drug-likeness (QED) is 0.678. The Bertz CT molecular complexity index is 919. The van der Waals surface area contributed by atoms with E-state index in [1.165, 1.54) is 14.2 Å². The number of methoxy groups -OCH3 is 1. The van der Waals surface area contributed by atoms with Gasteiger partial charge in [0.25, 0.3) is 0 Å². The van der Waals surface area contributed by atoms with Crippen molar-refractivity contribution in [3.8, 4) is 11.3 Å². The minimum absolute atomic E-state index is 0.350. The van der Waals surface area contributed by atoms with E-state index in [1.807, 2.05) is 18.2 Å². The lowest BCUT2D eigenvalue weighted by Crippen LogP contribution is -2.24. The molecule has 2 heterocycles. The van der Waals surface area contributed by atoms with Crippen molar-refractivity contribution in [2.45, 2.75) is 0 Å². The minimum atomic E-state index is -0.526. The van der Waals surface area contributed by atoms with Crippen LogP contribution in [0, 0.1) is 0 Å². The van der Waals surface area contributed by atoms with Gasteiger partial charge in [0.05, 0.1) is 19.0 Å². The van der Waals surface area contributed by atoms with Gasteiger partial charge in [-0.1, -0.05) is 12.1 Å². The van der Waals surface area contributed by atoms with Gasteiger partial charge in [0, 0.05) is 18.3 Å². The van der Waals surface area contributed by atoms with Gasteiger partial charge in [-0.05, 0) is 24.3 Å². The van der Waals surface area contributed by atoms with Gasteiger partial charge in [0.15, 0.2) is 11.5 Å². The van der Waals surface area contributed by atoms with Gasteiger partial charge in [-0.25, -0.2) is 19.1 Å². The zero-order valence-electron chi connectivity index (χ0n) is 13.6. The van der Waals surface area contributed by atoms with Crippen molar-refractivity contribution < 1.29 is 14.3 Å². The number of nitrogens with one attached hydrogen (secondary N) is 3. The van der Waals surface area contributed by atoms with Crippen molar-refractivity contribution in [3.63, 3.8) is 0 Å². The molecule has 25 heavy (non-hydrogen) atoms. The van der Waals surface area contributed by atoms with E-state index in [1.54, 1.807) is 28.9 Å². The predicted octanol–water partition coefficient (Wildman–Crippen LogP) is 2.33. The molecule has 0 aliphatic carbocycles. The molecule has 3 amide bonds. The van der Waals surface area contributed by atoms with E-state index < -0.39 is 6.09 Å². The Morgan fingerprint density at radius 1 is 1.08 bits per heavy atom.